The molecule has 0 amide bonds. The van der Waals surface area contributed by atoms with E-state index in [4.69, 9.17) is 9.31 Å². The van der Waals surface area contributed by atoms with Crippen molar-refractivity contribution >= 4 is 47.2 Å². The van der Waals surface area contributed by atoms with Crippen molar-refractivity contribution in [1.82, 2.24) is 0 Å². The molecule has 0 spiro atoms. The van der Waals surface area contributed by atoms with E-state index in [1.54, 1.807) is 0 Å². The van der Waals surface area contributed by atoms with Crippen molar-refractivity contribution in [2.75, 3.05) is 23.7 Å². The van der Waals surface area contributed by atoms with Gasteiger partial charge < -0.3 is 19.8 Å². The fraction of sp³-hybridized carbons (Fsp3) is 0.200. The van der Waals surface area contributed by atoms with Crippen LogP contribution < -0.4 is 21.4 Å². The molecule has 0 atom stereocenters. The van der Waals surface area contributed by atoms with E-state index >= 15 is 0 Å². The molecule has 0 unspecified atom stereocenters. The first kappa shape index (κ1) is 17.0. The van der Waals surface area contributed by atoms with Crippen LogP contribution in [-0.4, -0.2) is 27.3 Å². The van der Waals surface area contributed by atoms with Gasteiger partial charge in [0, 0.05) is 30.0 Å². The van der Waals surface area contributed by atoms with Crippen LogP contribution in [0.4, 0.5) is 11.4 Å². The lowest BCUT2D eigenvalue weighted by Gasteiger charge is -2.28. The van der Waals surface area contributed by atoms with Gasteiger partial charge in [0.05, 0.1) is 0 Å². The molecule has 4 nitrogen and oxygen atoms in total. The maximum Gasteiger partial charge on any atom is 0.493 e. The molecular weight excluding hydrogens is 322 g/mol. The van der Waals surface area contributed by atoms with E-state index in [0.29, 0.717) is 13.2 Å². The average Bonchev–Trinajstić information content (AvgIpc) is 2.68. The molecule has 2 N–H and O–H groups in total. The zero-order valence-electron chi connectivity index (χ0n) is 15.2. The van der Waals surface area contributed by atoms with Gasteiger partial charge in [-0.25, -0.2) is 0 Å². The van der Waals surface area contributed by atoms with Crippen LogP contribution >= 0.6 is 0 Å². The first-order valence-corrected chi connectivity index (χ1v) is 9.18. The summed E-state index contributed by atoms with van der Waals surface area (Å²) in [5, 5.41) is 9.73. The monoisotopic (exact) mass is 344 g/mol. The van der Waals surface area contributed by atoms with Crippen LogP contribution in [0.15, 0.2) is 60.7 Å². The number of hydrogen-bond acceptors (Lipinski definition) is 4. The van der Waals surface area contributed by atoms with Crippen molar-refractivity contribution in [3.8, 4) is 0 Å². The van der Waals surface area contributed by atoms with E-state index in [0.717, 1.165) is 22.3 Å². The highest BCUT2D eigenvalue weighted by molar-refractivity contribution is 6.85. The van der Waals surface area contributed by atoms with Crippen LogP contribution in [0, 0.1) is 0 Å². The third-order valence-electron chi connectivity index (χ3n) is 4.70. The minimum Gasteiger partial charge on any atom is -0.408 e. The maximum atomic E-state index is 5.85. The first-order chi connectivity index (χ1) is 12.8. The van der Waals surface area contributed by atoms with Crippen molar-refractivity contribution in [3.63, 3.8) is 0 Å². The summed E-state index contributed by atoms with van der Waals surface area (Å²) < 4.78 is 11.7. The Morgan fingerprint density at radius 1 is 0.808 bits per heavy atom. The predicted octanol–water partition coefficient (Wildman–Crippen LogP) is 2.84. The summed E-state index contributed by atoms with van der Waals surface area (Å²) in [4.78, 5) is 0. The predicted molar refractivity (Wildman–Crippen MR) is 112 cm³/mol. The normalized spacial score (nSPS) is 12.6. The van der Waals surface area contributed by atoms with Crippen LogP contribution in [0.25, 0.3) is 10.8 Å². The number of anilines is 2. The average molecular weight is 344 g/mol. The molecule has 1 heterocycles. The largest absolute Gasteiger partial charge is 0.493 e. The lowest BCUT2D eigenvalue weighted by Crippen LogP contribution is -2.58. The van der Waals surface area contributed by atoms with Gasteiger partial charge in [-0.3, -0.25) is 0 Å². The van der Waals surface area contributed by atoms with Crippen LogP contribution in [0.2, 0.25) is 0 Å². The standard InChI is InChI=1S/C20H22B2N2O2/c1-3-25-22(26-4-2)17-12-6-5-11-16(17)21-23-18-13-7-9-15-10-8-14-19(24-21)20(15)18/h5-14,23-24H,3-4H2,1-2H3. The molecule has 0 saturated carbocycles. The van der Waals surface area contributed by atoms with E-state index in [-0.39, 0.29) is 14.1 Å². The zero-order valence-corrected chi connectivity index (χ0v) is 15.2. The molecule has 0 radical (unpaired) electrons. The number of rotatable bonds is 6. The zero-order chi connectivity index (χ0) is 17.9. The molecule has 26 heavy (non-hydrogen) atoms. The quantitative estimate of drug-likeness (QED) is 0.675. The van der Waals surface area contributed by atoms with Gasteiger partial charge in [0.25, 0.3) is 0 Å². The lowest BCUT2D eigenvalue weighted by atomic mass is 9.58. The van der Waals surface area contributed by atoms with Gasteiger partial charge in [0.2, 0.25) is 0 Å². The molecule has 0 aliphatic carbocycles. The Morgan fingerprint density at radius 3 is 2.04 bits per heavy atom. The molecule has 0 fully saturated rings. The van der Waals surface area contributed by atoms with E-state index in [1.165, 1.54) is 10.8 Å². The van der Waals surface area contributed by atoms with Gasteiger partial charge in [-0.15, -0.1) is 0 Å². The summed E-state index contributed by atoms with van der Waals surface area (Å²) in [5.74, 6) is 0. The maximum absolute atomic E-state index is 5.85. The molecule has 0 saturated heterocycles. The van der Waals surface area contributed by atoms with Gasteiger partial charge in [0.1, 0.15) is 0 Å². The molecular formula is C20H22B2N2O2. The smallest absolute Gasteiger partial charge is 0.408 e. The molecule has 0 aromatic heterocycles. The molecule has 0 bridgehead atoms. The van der Waals surface area contributed by atoms with Crippen molar-refractivity contribution in [1.29, 1.82) is 0 Å². The molecule has 3 aromatic carbocycles. The Kier molecular flexibility index (Phi) is 4.87. The van der Waals surface area contributed by atoms with Crippen LogP contribution in [0.1, 0.15) is 13.8 Å². The summed E-state index contributed by atoms with van der Waals surface area (Å²) in [6, 6.07) is 21.0. The Balaban J connectivity index is 1.74. The minimum absolute atomic E-state index is 0.0462. The third-order valence-corrected chi connectivity index (χ3v) is 4.70. The molecule has 1 aliphatic rings. The van der Waals surface area contributed by atoms with Crippen LogP contribution in [-0.2, 0) is 9.31 Å². The molecule has 6 heteroatoms. The second kappa shape index (κ2) is 7.44. The van der Waals surface area contributed by atoms with Gasteiger partial charge in [-0.1, -0.05) is 48.5 Å². The van der Waals surface area contributed by atoms with Crippen molar-refractivity contribution in [2.24, 2.45) is 0 Å². The van der Waals surface area contributed by atoms with Gasteiger partial charge in [-0.2, -0.15) is 0 Å². The highest BCUT2D eigenvalue weighted by Crippen LogP contribution is 2.33. The summed E-state index contributed by atoms with van der Waals surface area (Å²) >= 11 is 0. The topological polar surface area (TPSA) is 42.5 Å². The summed E-state index contributed by atoms with van der Waals surface area (Å²) in [6.07, 6.45) is 0. The second-order valence-electron chi connectivity index (χ2n) is 6.30. The van der Waals surface area contributed by atoms with Crippen molar-refractivity contribution in [3.05, 3.63) is 60.7 Å². The van der Waals surface area contributed by atoms with Gasteiger partial charge in [-0.05, 0) is 42.3 Å². The number of hydrogen-bond donors (Lipinski definition) is 2. The molecule has 130 valence electrons. The summed E-state index contributed by atoms with van der Waals surface area (Å²) in [6.45, 7) is 5.14. The first-order valence-electron chi connectivity index (χ1n) is 9.18. The Bertz CT molecular complexity index is 872. The van der Waals surface area contributed by atoms with Crippen molar-refractivity contribution < 1.29 is 9.31 Å². The van der Waals surface area contributed by atoms with E-state index in [2.05, 4.69) is 65.1 Å². The Labute approximate surface area is 155 Å². The van der Waals surface area contributed by atoms with Crippen molar-refractivity contribution in [2.45, 2.75) is 13.8 Å². The highest BCUT2D eigenvalue weighted by Gasteiger charge is 2.32. The second-order valence-corrected chi connectivity index (χ2v) is 6.30. The lowest BCUT2D eigenvalue weighted by molar-refractivity contribution is 0.225. The summed E-state index contributed by atoms with van der Waals surface area (Å²) in [7, 11) is -0.363. The van der Waals surface area contributed by atoms with Crippen LogP contribution in [0.5, 0.6) is 0 Å². The minimum atomic E-state index is -0.363. The summed E-state index contributed by atoms with van der Waals surface area (Å²) in [5.41, 5.74) is 4.46. The fourth-order valence-electron chi connectivity index (χ4n) is 3.60. The highest BCUT2D eigenvalue weighted by atomic mass is 16.6. The van der Waals surface area contributed by atoms with Gasteiger partial charge in [0.15, 0.2) is 0 Å². The molecule has 1 aliphatic heterocycles. The molecule has 3 aromatic rings. The van der Waals surface area contributed by atoms with E-state index in [1.807, 2.05) is 19.9 Å². The van der Waals surface area contributed by atoms with Gasteiger partial charge >= 0.3 is 14.1 Å². The van der Waals surface area contributed by atoms with E-state index in [9.17, 15) is 0 Å². The fourth-order valence-corrected chi connectivity index (χ4v) is 3.60. The number of benzene rings is 3. The number of nitrogens with one attached hydrogen (secondary N) is 2. The molecule has 4 rings (SSSR count). The Morgan fingerprint density at radius 2 is 1.42 bits per heavy atom. The van der Waals surface area contributed by atoms with E-state index < -0.39 is 0 Å². The Hall–Kier alpha value is -2.43. The van der Waals surface area contributed by atoms with Crippen LogP contribution in [0.3, 0.4) is 0 Å². The SMILES string of the molecule is CCOB(OCC)c1ccccc1B1Nc2cccc3cccc(c23)N1. The third kappa shape index (κ3) is 3.06.